The third-order valence-electron chi connectivity index (χ3n) is 5.97. The van der Waals surface area contributed by atoms with Crippen LogP contribution in [0, 0.1) is 6.92 Å². The summed E-state index contributed by atoms with van der Waals surface area (Å²) in [6, 6.07) is 11.0. The van der Waals surface area contributed by atoms with Gasteiger partial charge in [-0.2, -0.15) is 13.2 Å². The second-order valence-corrected chi connectivity index (χ2v) is 10.5. The Labute approximate surface area is 216 Å². The number of halogens is 3. The van der Waals surface area contributed by atoms with Gasteiger partial charge in [0.1, 0.15) is 18.1 Å². The molecule has 3 rings (SSSR count). The Morgan fingerprint density at radius 3 is 2.30 bits per heavy atom. The number of anilines is 2. The number of hydrogen-bond donors (Lipinski definition) is 2. The minimum Gasteiger partial charge on any atom is -0.352 e. The summed E-state index contributed by atoms with van der Waals surface area (Å²) >= 11 is 0. The van der Waals surface area contributed by atoms with Crippen molar-refractivity contribution in [3.63, 3.8) is 0 Å². The third kappa shape index (κ3) is 8.99. The van der Waals surface area contributed by atoms with Gasteiger partial charge in [0.2, 0.25) is 17.7 Å². The highest BCUT2D eigenvalue weighted by atomic mass is 32.2. The highest BCUT2D eigenvalue weighted by molar-refractivity contribution is 7.86. The summed E-state index contributed by atoms with van der Waals surface area (Å²) in [7, 11) is -1.95. The zero-order chi connectivity index (χ0) is 27.0. The van der Waals surface area contributed by atoms with E-state index in [1.54, 1.807) is 24.3 Å². The normalized spacial score (nSPS) is 15.0. The summed E-state index contributed by atoms with van der Waals surface area (Å²) in [5.74, 6) is -3.02. The Morgan fingerprint density at radius 2 is 1.65 bits per heavy atom. The fourth-order valence-electron chi connectivity index (χ4n) is 4.08. The molecular formula is C26H30F3N3O4S. The molecule has 1 aliphatic rings. The van der Waals surface area contributed by atoms with Crippen LogP contribution in [0.2, 0.25) is 0 Å². The van der Waals surface area contributed by atoms with E-state index >= 15 is 0 Å². The minimum atomic E-state index is -4.65. The summed E-state index contributed by atoms with van der Waals surface area (Å²) < 4.78 is 52.4. The zero-order valence-corrected chi connectivity index (χ0v) is 21.3. The van der Waals surface area contributed by atoms with Gasteiger partial charge in [-0.25, -0.2) is 0 Å². The average molecular weight is 538 g/mol. The van der Waals surface area contributed by atoms with Gasteiger partial charge < -0.3 is 15.5 Å². The maximum Gasteiger partial charge on any atom is 0.416 e. The van der Waals surface area contributed by atoms with Crippen molar-refractivity contribution in [3.8, 4) is 0 Å². The Kier molecular flexibility index (Phi) is 9.85. The van der Waals surface area contributed by atoms with E-state index in [-0.39, 0.29) is 11.7 Å². The lowest BCUT2D eigenvalue weighted by Crippen LogP contribution is -2.46. The van der Waals surface area contributed by atoms with Crippen molar-refractivity contribution in [1.82, 2.24) is 5.32 Å². The van der Waals surface area contributed by atoms with Gasteiger partial charge >= 0.3 is 6.18 Å². The quantitative estimate of drug-likeness (QED) is 0.502. The van der Waals surface area contributed by atoms with Gasteiger partial charge in [0.25, 0.3) is 0 Å². The molecule has 1 aliphatic carbocycles. The van der Waals surface area contributed by atoms with E-state index in [1.165, 1.54) is 6.07 Å². The van der Waals surface area contributed by atoms with Crippen LogP contribution < -0.4 is 15.5 Å². The first-order valence-corrected chi connectivity index (χ1v) is 13.5. The SMILES string of the molecule is Cc1ccc(NC(=O)C[S@](=O)CC(=O)N(CC(=O)NC2CCCCC2)c2cccc(C(F)(F)F)c2)cc1. The molecule has 2 aromatic rings. The standard InChI is InChI=1S/C26H30F3N3O4S/c1-18-10-12-21(13-11-18)31-24(34)16-37(36)17-25(35)32(15-23(33)30-20-7-3-2-4-8-20)22-9-5-6-19(14-22)26(27,28)29/h5-6,9-14,20H,2-4,7-8,15-17H2,1H3,(H,30,33)(H,31,34)/t37-/m0/s1. The molecule has 3 amide bonds. The maximum atomic E-state index is 13.3. The molecule has 0 bridgehead atoms. The molecule has 0 unspecified atom stereocenters. The highest BCUT2D eigenvalue weighted by Gasteiger charge is 2.32. The number of nitrogens with zero attached hydrogens (tertiary/aromatic N) is 1. The van der Waals surface area contributed by atoms with Crippen molar-refractivity contribution in [2.75, 3.05) is 28.3 Å². The summed E-state index contributed by atoms with van der Waals surface area (Å²) in [6.45, 7) is 1.36. The van der Waals surface area contributed by atoms with E-state index in [4.69, 9.17) is 0 Å². The van der Waals surface area contributed by atoms with Crippen LogP contribution in [0.4, 0.5) is 24.5 Å². The van der Waals surface area contributed by atoms with Crippen LogP contribution in [0.3, 0.4) is 0 Å². The van der Waals surface area contributed by atoms with E-state index in [0.717, 1.165) is 60.8 Å². The maximum absolute atomic E-state index is 13.3. The first-order chi connectivity index (χ1) is 17.5. The zero-order valence-electron chi connectivity index (χ0n) is 20.5. The van der Waals surface area contributed by atoms with Gasteiger partial charge in [-0.3, -0.25) is 18.6 Å². The number of rotatable bonds is 9. The van der Waals surface area contributed by atoms with E-state index in [9.17, 15) is 31.8 Å². The van der Waals surface area contributed by atoms with Gasteiger partial charge in [-0.15, -0.1) is 0 Å². The largest absolute Gasteiger partial charge is 0.416 e. The van der Waals surface area contributed by atoms with E-state index in [2.05, 4.69) is 10.6 Å². The van der Waals surface area contributed by atoms with Crippen molar-refractivity contribution >= 4 is 39.9 Å². The molecule has 0 heterocycles. The van der Waals surface area contributed by atoms with E-state index in [0.29, 0.717) is 5.69 Å². The highest BCUT2D eigenvalue weighted by Crippen LogP contribution is 2.31. The third-order valence-corrected chi connectivity index (χ3v) is 7.12. The fraction of sp³-hybridized carbons (Fsp3) is 0.423. The number of benzene rings is 2. The lowest BCUT2D eigenvalue weighted by Gasteiger charge is -2.26. The van der Waals surface area contributed by atoms with Gasteiger partial charge in [-0.1, -0.05) is 43.0 Å². The summed E-state index contributed by atoms with van der Waals surface area (Å²) in [4.78, 5) is 38.9. The molecule has 0 radical (unpaired) electrons. The second-order valence-electron chi connectivity index (χ2n) is 9.07. The Hall–Kier alpha value is -3.21. The van der Waals surface area contributed by atoms with Crippen LogP contribution in [0.15, 0.2) is 48.5 Å². The number of nitrogens with one attached hydrogen (secondary N) is 2. The fourth-order valence-corrected chi connectivity index (χ4v) is 4.98. The van der Waals surface area contributed by atoms with Gasteiger partial charge in [0, 0.05) is 28.2 Å². The molecule has 1 fully saturated rings. The number of carbonyl (C=O) groups is 3. The smallest absolute Gasteiger partial charge is 0.352 e. The Morgan fingerprint density at radius 1 is 0.973 bits per heavy atom. The molecule has 200 valence electrons. The Balaban J connectivity index is 1.70. The van der Waals surface area contributed by atoms with E-state index < -0.39 is 58.3 Å². The first kappa shape index (κ1) is 28.4. The predicted molar refractivity (Wildman–Crippen MR) is 136 cm³/mol. The minimum absolute atomic E-state index is 0.0562. The molecule has 1 atom stereocenters. The summed E-state index contributed by atoms with van der Waals surface area (Å²) in [5, 5.41) is 5.43. The molecule has 0 saturated heterocycles. The van der Waals surface area contributed by atoms with Crippen LogP contribution in [-0.2, 0) is 31.4 Å². The average Bonchev–Trinajstić information content (AvgIpc) is 2.84. The number of amides is 3. The Bertz CT molecular complexity index is 1130. The molecule has 0 aliphatic heterocycles. The predicted octanol–water partition coefficient (Wildman–Crippen LogP) is 4.18. The van der Waals surface area contributed by atoms with Crippen molar-refractivity contribution in [1.29, 1.82) is 0 Å². The lowest BCUT2D eigenvalue weighted by atomic mass is 9.95. The monoisotopic (exact) mass is 537 g/mol. The van der Waals surface area contributed by atoms with Crippen LogP contribution in [-0.4, -0.2) is 46.0 Å². The topological polar surface area (TPSA) is 95.6 Å². The molecule has 2 aromatic carbocycles. The lowest BCUT2D eigenvalue weighted by molar-refractivity contribution is -0.137. The van der Waals surface area contributed by atoms with Crippen molar-refractivity contribution < 1.29 is 31.8 Å². The van der Waals surface area contributed by atoms with E-state index in [1.807, 2.05) is 6.92 Å². The van der Waals surface area contributed by atoms with Crippen LogP contribution in [0.25, 0.3) is 0 Å². The van der Waals surface area contributed by atoms with Gasteiger partial charge in [0.15, 0.2) is 0 Å². The van der Waals surface area contributed by atoms with Crippen LogP contribution in [0.1, 0.15) is 43.2 Å². The number of carbonyl (C=O) groups excluding carboxylic acids is 3. The molecule has 2 N–H and O–H groups in total. The molecule has 37 heavy (non-hydrogen) atoms. The van der Waals surface area contributed by atoms with Crippen molar-refractivity contribution in [2.45, 2.75) is 51.2 Å². The van der Waals surface area contributed by atoms with Crippen molar-refractivity contribution in [2.24, 2.45) is 0 Å². The molecule has 0 spiro atoms. The molecule has 0 aromatic heterocycles. The number of hydrogen-bond acceptors (Lipinski definition) is 4. The summed E-state index contributed by atoms with van der Waals surface area (Å²) in [6.07, 6.45) is -0.0566. The van der Waals surface area contributed by atoms with Crippen LogP contribution >= 0.6 is 0 Å². The van der Waals surface area contributed by atoms with Gasteiger partial charge in [-0.05, 0) is 50.1 Å². The number of alkyl halides is 3. The summed E-state index contributed by atoms with van der Waals surface area (Å²) in [5.41, 5.74) is 0.382. The second kappa shape index (κ2) is 12.8. The molecule has 7 nitrogen and oxygen atoms in total. The van der Waals surface area contributed by atoms with Crippen LogP contribution in [0.5, 0.6) is 0 Å². The number of aryl methyl sites for hydroxylation is 1. The van der Waals surface area contributed by atoms with Gasteiger partial charge in [0.05, 0.1) is 5.56 Å². The molecular weight excluding hydrogens is 507 g/mol. The first-order valence-electron chi connectivity index (χ1n) is 12.0. The molecule has 1 saturated carbocycles. The van der Waals surface area contributed by atoms with Crippen molar-refractivity contribution in [3.05, 3.63) is 59.7 Å². The molecule has 11 heteroatoms.